The van der Waals surface area contributed by atoms with E-state index in [1.54, 1.807) is 0 Å². The highest BCUT2D eigenvalue weighted by atomic mass is 32.2. The maximum absolute atomic E-state index is 14.9. The maximum Gasteiger partial charge on any atom is 0.416 e. The Labute approximate surface area is 193 Å². The lowest BCUT2D eigenvalue weighted by atomic mass is 10.1. The van der Waals surface area contributed by atoms with E-state index in [1.807, 2.05) is 0 Å². The van der Waals surface area contributed by atoms with Crippen molar-refractivity contribution in [1.29, 1.82) is 0 Å². The van der Waals surface area contributed by atoms with E-state index in [0.717, 1.165) is 34.9 Å². The molecule has 0 bridgehead atoms. The molecule has 184 valence electrons. The van der Waals surface area contributed by atoms with Crippen molar-refractivity contribution in [2.75, 3.05) is 12.3 Å². The van der Waals surface area contributed by atoms with Crippen LogP contribution in [0.4, 0.5) is 23.4 Å². The minimum absolute atomic E-state index is 0.0229. The third-order valence-electron chi connectivity index (χ3n) is 4.81. The second kappa shape index (κ2) is 8.90. The summed E-state index contributed by atoms with van der Waals surface area (Å²) < 4.78 is 86.2. The van der Waals surface area contributed by atoms with Crippen LogP contribution in [0.5, 0.6) is 0 Å². The van der Waals surface area contributed by atoms with Gasteiger partial charge >= 0.3 is 16.5 Å². The SMILES string of the molecule is Nc1ncnc2c1c(Sc1ccc(C(F)(F)F)cc1)nn2[C@@H]1O[C@H](COS(N)(=O)=O)[C@@H](O)[C@@H]1F. The van der Waals surface area contributed by atoms with E-state index in [2.05, 4.69) is 19.2 Å². The fourth-order valence-electron chi connectivity index (χ4n) is 3.24. The first kappa shape index (κ1) is 24.6. The number of fused-ring (bicyclic) bond motifs is 1. The monoisotopic (exact) mass is 524 g/mol. The van der Waals surface area contributed by atoms with Crippen LogP contribution < -0.4 is 10.9 Å². The fraction of sp³-hybridized carbons (Fsp3) is 0.353. The number of aliphatic hydroxyl groups is 1. The van der Waals surface area contributed by atoms with E-state index in [0.29, 0.717) is 4.90 Å². The van der Waals surface area contributed by atoms with Gasteiger partial charge in [0.15, 0.2) is 18.0 Å². The van der Waals surface area contributed by atoms with Gasteiger partial charge in [-0.2, -0.15) is 26.7 Å². The molecule has 17 heteroatoms. The lowest BCUT2D eigenvalue weighted by Crippen LogP contribution is -2.33. The average Bonchev–Trinajstić information content (AvgIpc) is 3.24. The summed E-state index contributed by atoms with van der Waals surface area (Å²) in [6, 6.07) is 4.25. The minimum atomic E-state index is -4.50. The van der Waals surface area contributed by atoms with E-state index in [-0.39, 0.29) is 21.9 Å². The summed E-state index contributed by atoms with van der Waals surface area (Å²) in [6.45, 7) is -0.750. The lowest BCUT2D eigenvalue weighted by Gasteiger charge is -2.14. The summed E-state index contributed by atoms with van der Waals surface area (Å²) in [5.74, 6) is -0.0336. The predicted octanol–water partition coefficient (Wildman–Crippen LogP) is 1.40. The highest BCUT2D eigenvalue weighted by molar-refractivity contribution is 7.99. The molecule has 4 atom stereocenters. The van der Waals surface area contributed by atoms with Crippen molar-refractivity contribution >= 4 is 38.9 Å². The van der Waals surface area contributed by atoms with Gasteiger partial charge in [-0.15, -0.1) is 0 Å². The van der Waals surface area contributed by atoms with Gasteiger partial charge in [-0.05, 0) is 24.3 Å². The minimum Gasteiger partial charge on any atom is -0.387 e. The van der Waals surface area contributed by atoms with E-state index in [1.165, 1.54) is 12.1 Å². The molecule has 5 N–H and O–H groups in total. The number of hydrogen-bond acceptors (Lipinski definition) is 10. The number of halogens is 4. The Morgan fingerprint density at radius 3 is 2.53 bits per heavy atom. The van der Waals surface area contributed by atoms with Crippen LogP contribution in [0.2, 0.25) is 0 Å². The highest BCUT2D eigenvalue weighted by Gasteiger charge is 2.47. The summed E-state index contributed by atoms with van der Waals surface area (Å²) in [5.41, 5.74) is 5.12. The number of aromatic nitrogens is 4. The number of nitrogens with two attached hydrogens (primary N) is 2. The molecule has 2 aromatic heterocycles. The molecule has 3 aromatic rings. The van der Waals surface area contributed by atoms with Gasteiger partial charge in [0, 0.05) is 4.90 Å². The van der Waals surface area contributed by atoms with Crippen molar-refractivity contribution in [3.8, 4) is 0 Å². The zero-order valence-electron chi connectivity index (χ0n) is 16.8. The van der Waals surface area contributed by atoms with E-state index in [4.69, 9.17) is 15.6 Å². The molecule has 1 aromatic carbocycles. The van der Waals surface area contributed by atoms with Crippen LogP contribution in [0.25, 0.3) is 11.0 Å². The standard InChI is InChI=1S/C17H16F4N6O5S2/c18-11-12(28)9(5-31-34(23,29)30)32-16(11)27-14-10(13(22)24-6-25-14)15(26-27)33-8-3-1-7(2-4-8)17(19,20)21/h1-4,6,9,11-12,16,28H,5H2,(H2,22,24,25)(H2,23,29,30)/t9-,11+,12-,16-/m1/s1. The Kier molecular flexibility index (Phi) is 6.42. The van der Waals surface area contributed by atoms with Gasteiger partial charge in [0.05, 0.1) is 17.6 Å². The van der Waals surface area contributed by atoms with Crippen LogP contribution >= 0.6 is 11.8 Å². The average molecular weight is 524 g/mol. The molecule has 0 aliphatic carbocycles. The third-order valence-corrected chi connectivity index (χ3v) is 6.27. The van der Waals surface area contributed by atoms with Crippen molar-refractivity contribution in [3.63, 3.8) is 0 Å². The number of ether oxygens (including phenoxy) is 1. The first-order valence-corrected chi connectivity index (χ1v) is 11.6. The van der Waals surface area contributed by atoms with Crippen LogP contribution in [0, 0.1) is 0 Å². The second-order valence-corrected chi connectivity index (χ2v) is 9.39. The van der Waals surface area contributed by atoms with E-state index >= 15 is 0 Å². The number of benzene rings is 1. The molecule has 0 unspecified atom stereocenters. The third kappa shape index (κ3) is 4.93. The predicted molar refractivity (Wildman–Crippen MR) is 109 cm³/mol. The Morgan fingerprint density at radius 2 is 1.91 bits per heavy atom. The Hall–Kier alpha value is -2.57. The summed E-state index contributed by atoms with van der Waals surface area (Å²) in [6.07, 6.45) is -10.2. The van der Waals surface area contributed by atoms with Crippen LogP contribution in [0.3, 0.4) is 0 Å². The fourth-order valence-corrected chi connectivity index (χ4v) is 4.48. The number of alkyl halides is 4. The Balaban J connectivity index is 1.67. The second-order valence-electron chi connectivity index (χ2n) is 7.11. The zero-order chi connectivity index (χ0) is 24.8. The van der Waals surface area contributed by atoms with Crippen molar-refractivity contribution in [2.45, 2.75) is 40.7 Å². The van der Waals surface area contributed by atoms with Crippen molar-refractivity contribution in [1.82, 2.24) is 19.7 Å². The molecule has 1 saturated heterocycles. The molecule has 34 heavy (non-hydrogen) atoms. The Morgan fingerprint density at radius 1 is 1.24 bits per heavy atom. The molecule has 0 amide bonds. The maximum atomic E-state index is 14.9. The van der Waals surface area contributed by atoms with E-state index < -0.39 is 53.3 Å². The molecule has 4 rings (SSSR count). The smallest absolute Gasteiger partial charge is 0.387 e. The summed E-state index contributed by atoms with van der Waals surface area (Å²) in [5, 5.41) is 19.4. The molecule has 3 heterocycles. The molecule has 1 fully saturated rings. The molecule has 1 aliphatic rings. The van der Waals surface area contributed by atoms with Crippen molar-refractivity contribution in [3.05, 3.63) is 36.2 Å². The first-order valence-electron chi connectivity index (χ1n) is 9.33. The number of nitrogen functional groups attached to an aromatic ring is 1. The normalized spacial score (nSPS) is 23.6. The summed E-state index contributed by atoms with van der Waals surface area (Å²) >= 11 is 0.926. The summed E-state index contributed by atoms with van der Waals surface area (Å²) in [7, 11) is -4.36. The van der Waals surface area contributed by atoms with Crippen LogP contribution in [-0.2, 0) is 25.4 Å². The quantitative estimate of drug-likeness (QED) is 0.401. The number of anilines is 1. The highest BCUT2D eigenvalue weighted by Crippen LogP contribution is 2.40. The molecule has 0 radical (unpaired) electrons. The van der Waals surface area contributed by atoms with Gasteiger partial charge in [-0.25, -0.2) is 24.2 Å². The number of hydrogen-bond donors (Lipinski definition) is 3. The van der Waals surface area contributed by atoms with Crippen LogP contribution in [0.15, 0.2) is 40.5 Å². The molecule has 0 spiro atoms. The largest absolute Gasteiger partial charge is 0.416 e. The molecule has 1 aliphatic heterocycles. The van der Waals surface area contributed by atoms with Crippen molar-refractivity contribution < 1.29 is 40.0 Å². The van der Waals surface area contributed by atoms with Crippen LogP contribution in [0.1, 0.15) is 11.8 Å². The topological polar surface area (TPSA) is 168 Å². The summed E-state index contributed by atoms with van der Waals surface area (Å²) in [4.78, 5) is 8.27. The van der Waals surface area contributed by atoms with Gasteiger partial charge in [0.2, 0.25) is 0 Å². The molecular weight excluding hydrogens is 508 g/mol. The number of rotatable bonds is 6. The van der Waals surface area contributed by atoms with E-state index in [9.17, 15) is 31.1 Å². The molecular formula is C17H16F4N6O5S2. The first-order chi connectivity index (χ1) is 15.8. The number of aliphatic hydroxyl groups excluding tert-OH is 1. The van der Waals surface area contributed by atoms with Gasteiger partial charge in [-0.3, -0.25) is 4.18 Å². The molecule has 0 saturated carbocycles. The number of nitrogens with zero attached hydrogens (tertiary/aromatic N) is 4. The van der Waals surface area contributed by atoms with Gasteiger partial charge < -0.3 is 15.6 Å². The van der Waals surface area contributed by atoms with Crippen molar-refractivity contribution in [2.24, 2.45) is 5.14 Å². The van der Waals surface area contributed by atoms with Gasteiger partial charge in [-0.1, -0.05) is 11.8 Å². The van der Waals surface area contributed by atoms with Crippen LogP contribution in [-0.4, -0.2) is 58.3 Å². The lowest BCUT2D eigenvalue weighted by molar-refractivity contribution is -0.137. The zero-order valence-corrected chi connectivity index (χ0v) is 18.4. The molecule has 11 nitrogen and oxygen atoms in total. The van der Waals surface area contributed by atoms with Gasteiger partial charge in [0.25, 0.3) is 0 Å². The Bertz CT molecular complexity index is 1300. The van der Waals surface area contributed by atoms with Gasteiger partial charge in [0.1, 0.15) is 29.4 Å².